The molecule has 2 aliphatic heterocycles. The topological polar surface area (TPSA) is 91.3 Å². The van der Waals surface area contributed by atoms with E-state index in [0.717, 1.165) is 49.4 Å². The van der Waals surface area contributed by atoms with Crippen molar-refractivity contribution >= 4 is 62.5 Å². The van der Waals surface area contributed by atoms with Crippen molar-refractivity contribution in [2.75, 3.05) is 30.3 Å². The number of anilines is 3. The Bertz CT molecular complexity index is 1660. The molecule has 1 fully saturated rings. The largest absolute Gasteiger partial charge is 0.373 e. The highest BCUT2D eigenvalue weighted by molar-refractivity contribution is 7.08. The van der Waals surface area contributed by atoms with Gasteiger partial charge in [0.1, 0.15) is 11.9 Å². The molecule has 2 aromatic carbocycles. The molecule has 0 amide bonds. The highest BCUT2D eigenvalue weighted by atomic mass is 35.5. The molecule has 1 atom stereocenters. The second-order valence-electron chi connectivity index (χ2n) is 10.3. The number of likely N-dealkylation sites (tertiary alicyclic amines) is 1. The van der Waals surface area contributed by atoms with Gasteiger partial charge in [-0.25, -0.2) is 4.39 Å². The molecule has 0 unspecified atom stereocenters. The van der Waals surface area contributed by atoms with E-state index in [2.05, 4.69) is 72.5 Å². The lowest BCUT2D eigenvalue weighted by Crippen LogP contribution is -2.48. The number of nitrogens with one attached hydrogen (secondary N) is 4. The van der Waals surface area contributed by atoms with E-state index in [9.17, 15) is 9.65 Å². The fourth-order valence-corrected chi connectivity index (χ4v) is 6.56. The Labute approximate surface area is 257 Å². The highest BCUT2D eigenvalue weighted by Crippen LogP contribution is 2.37. The first kappa shape index (κ1) is 28.5. The zero-order chi connectivity index (χ0) is 29.2. The van der Waals surface area contributed by atoms with Gasteiger partial charge < -0.3 is 21.0 Å². The van der Waals surface area contributed by atoms with Gasteiger partial charge in [0.15, 0.2) is 0 Å². The Morgan fingerprint density at radius 3 is 2.69 bits per heavy atom. The van der Waals surface area contributed by atoms with E-state index >= 15 is 0 Å². The van der Waals surface area contributed by atoms with Gasteiger partial charge in [-0.15, -0.1) is 5.53 Å². The summed E-state index contributed by atoms with van der Waals surface area (Å²) in [6, 6.07) is 12.6. The molecule has 1 saturated heterocycles. The van der Waals surface area contributed by atoms with Gasteiger partial charge in [0.05, 0.1) is 38.6 Å². The number of thiophene rings is 1. The SMILES string of the molecule is CCN1CCC(N2C=C([C@@H](Nc3cc(Cl)c4ncc(C#N)c(Nc5ccc(F)c(Cl)c5)c4c3)c3ccsc3)NN2)CC1. The number of fused-ring (bicyclic) bond motifs is 1. The van der Waals surface area contributed by atoms with E-state index in [1.807, 2.05) is 12.1 Å². The number of nitriles is 1. The van der Waals surface area contributed by atoms with Crippen molar-refractivity contribution in [3.05, 3.63) is 92.2 Å². The van der Waals surface area contributed by atoms with Crippen molar-refractivity contribution < 1.29 is 4.39 Å². The molecule has 0 spiro atoms. The molecule has 4 aromatic rings. The first-order chi connectivity index (χ1) is 20.4. The molecule has 4 N–H and O–H groups in total. The molecule has 8 nitrogen and oxygen atoms in total. The third kappa shape index (κ3) is 5.84. The van der Waals surface area contributed by atoms with Gasteiger partial charge >= 0.3 is 0 Å². The second-order valence-corrected chi connectivity index (χ2v) is 11.9. The number of nitrogens with zero attached hydrogens (tertiary/aromatic N) is 4. The number of benzene rings is 2. The average molecular weight is 624 g/mol. The maximum Gasteiger partial charge on any atom is 0.141 e. The van der Waals surface area contributed by atoms with Crippen LogP contribution < -0.4 is 21.6 Å². The number of aromatic nitrogens is 1. The van der Waals surface area contributed by atoms with Crippen LogP contribution in [0.2, 0.25) is 10.0 Å². The lowest BCUT2D eigenvalue weighted by atomic mass is 10.0. The zero-order valence-corrected chi connectivity index (χ0v) is 25.1. The van der Waals surface area contributed by atoms with Crippen LogP contribution in [0.3, 0.4) is 0 Å². The van der Waals surface area contributed by atoms with E-state index in [-0.39, 0.29) is 11.1 Å². The summed E-state index contributed by atoms with van der Waals surface area (Å²) in [5, 5.41) is 24.2. The van der Waals surface area contributed by atoms with E-state index in [1.165, 1.54) is 18.3 Å². The van der Waals surface area contributed by atoms with Crippen LogP contribution >= 0.6 is 34.5 Å². The maximum absolute atomic E-state index is 13.8. The lowest BCUT2D eigenvalue weighted by Gasteiger charge is -2.35. The summed E-state index contributed by atoms with van der Waals surface area (Å²) in [5.74, 6) is -0.523. The molecule has 42 heavy (non-hydrogen) atoms. The predicted molar refractivity (Wildman–Crippen MR) is 168 cm³/mol. The molecular formula is C30H29Cl2FN8S. The first-order valence-electron chi connectivity index (χ1n) is 13.7. The van der Waals surface area contributed by atoms with Crippen molar-refractivity contribution in [3.63, 3.8) is 0 Å². The summed E-state index contributed by atoms with van der Waals surface area (Å²) in [4.78, 5) is 6.93. The number of hydrazine groups is 2. The van der Waals surface area contributed by atoms with Crippen LogP contribution in [0.25, 0.3) is 10.9 Å². The van der Waals surface area contributed by atoms with E-state index in [4.69, 9.17) is 23.2 Å². The number of rotatable bonds is 8. The Balaban J connectivity index is 1.34. The minimum Gasteiger partial charge on any atom is -0.373 e. The van der Waals surface area contributed by atoms with Crippen LogP contribution in [0.1, 0.15) is 36.9 Å². The van der Waals surface area contributed by atoms with Crippen LogP contribution in [0.4, 0.5) is 21.5 Å². The zero-order valence-electron chi connectivity index (χ0n) is 22.8. The average Bonchev–Trinajstić information content (AvgIpc) is 3.72. The number of piperidine rings is 1. The predicted octanol–water partition coefficient (Wildman–Crippen LogP) is 7.16. The van der Waals surface area contributed by atoms with E-state index in [0.29, 0.717) is 38.9 Å². The fourth-order valence-electron chi connectivity index (χ4n) is 5.43. The van der Waals surface area contributed by atoms with Gasteiger partial charge in [-0.2, -0.15) is 16.6 Å². The summed E-state index contributed by atoms with van der Waals surface area (Å²) < 4.78 is 13.8. The minimum absolute atomic E-state index is 0.0215. The number of halogens is 3. The summed E-state index contributed by atoms with van der Waals surface area (Å²) in [6.07, 6.45) is 5.80. The van der Waals surface area contributed by atoms with Crippen molar-refractivity contribution in [3.8, 4) is 6.07 Å². The van der Waals surface area contributed by atoms with Crippen LogP contribution in [0, 0.1) is 17.1 Å². The van der Waals surface area contributed by atoms with E-state index in [1.54, 1.807) is 17.4 Å². The molecule has 2 aliphatic rings. The number of hydrogen-bond acceptors (Lipinski definition) is 9. The smallest absolute Gasteiger partial charge is 0.141 e. The van der Waals surface area contributed by atoms with Crippen molar-refractivity contribution in [1.29, 1.82) is 5.26 Å². The minimum atomic E-state index is -0.523. The summed E-state index contributed by atoms with van der Waals surface area (Å²) in [5.41, 5.74) is 11.5. The molecule has 0 saturated carbocycles. The van der Waals surface area contributed by atoms with Gasteiger partial charge in [0.2, 0.25) is 0 Å². The number of pyridine rings is 1. The molecule has 0 radical (unpaired) electrons. The van der Waals surface area contributed by atoms with Crippen molar-refractivity contribution in [2.24, 2.45) is 0 Å². The number of hydrogen-bond donors (Lipinski definition) is 4. The van der Waals surface area contributed by atoms with Crippen LogP contribution in [0.5, 0.6) is 0 Å². The van der Waals surface area contributed by atoms with Gasteiger partial charge in [-0.1, -0.05) is 30.1 Å². The quantitative estimate of drug-likeness (QED) is 0.164. The maximum atomic E-state index is 13.8. The Morgan fingerprint density at radius 1 is 1.17 bits per heavy atom. The van der Waals surface area contributed by atoms with Crippen molar-refractivity contribution in [1.82, 2.24) is 25.9 Å². The van der Waals surface area contributed by atoms with E-state index < -0.39 is 5.82 Å². The van der Waals surface area contributed by atoms with Crippen molar-refractivity contribution in [2.45, 2.75) is 31.8 Å². The molecule has 6 rings (SSSR count). The normalized spacial score (nSPS) is 16.6. The van der Waals surface area contributed by atoms with Gasteiger partial charge in [0, 0.05) is 48.3 Å². The summed E-state index contributed by atoms with van der Waals surface area (Å²) in [7, 11) is 0. The van der Waals surface area contributed by atoms with Gasteiger partial charge in [-0.3, -0.25) is 9.99 Å². The summed E-state index contributed by atoms with van der Waals surface area (Å²) in [6.45, 7) is 5.46. The Morgan fingerprint density at radius 2 is 1.98 bits per heavy atom. The van der Waals surface area contributed by atoms with Gasteiger partial charge in [-0.05, 0) is 72.1 Å². The molecule has 4 heterocycles. The van der Waals surface area contributed by atoms with Crippen LogP contribution in [-0.4, -0.2) is 40.6 Å². The van der Waals surface area contributed by atoms with Crippen LogP contribution in [0.15, 0.2) is 65.3 Å². The Kier molecular flexibility index (Phi) is 8.38. The highest BCUT2D eigenvalue weighted by Gasteiger charge is 2.29. The fraction of sp³-hybridized carbons (Fsp3) is 0.267. The molecule has 0 bridgehead atoms. The second kappa shape index (κ2) is 12.3. The Hall–Kier alpha value is -3.59. The molecule has 12 heteroatoms. The molecule has 0 aliphatic carbocycles. The molecular weight excluding hydrogens is 594 g/mol. The third-order valence-corrected chi connectivity index (χ3v) is 9.02. The lowest BCUT2D eigenvalue weighted by molar-refractivity contribution is 0.112. The molecule has 2 aromatic heterocycles. The molecule has 216 valence electrons. The summed E-state index contributed by atoms with van der Waals surface area (Å²) >= 11 is 14.4. The van der Waals surface area contributed by atoms with Gasteiger partial charge in [0.25, 0.3) is 0 Å². The van der Waals surface area contributed by atoms with Crippen LogP contribution in [-0.2, 0) is 0 Å². The standard InChI is InChI=1S/C30H29Cl2FN8S/c1-2-40-8-5-22(6-9-40)41-16-27(38-39-41)29(18-7-10-42-17-18)37-21-11-23-28(36-20-3-4-26(33)24(31)12-20)19(14-34)15-35-30(23)25(32)13-21/h3-4,7,10-13,15-17,22,29,37-39H,2,5-6,8-9H2,1H3,(H,35,36)/t29-/m0/s1. The third-order valence-electron chi connectivity index (χ3n) is 7.74. The monoisotopic (exact) mass is 622 g/mol. The first-order valence-corrected chi connectivity index (χ1v) is 15.4.